The molecule has 0 amide bonds. The Morgan fingerprint density at radius 1 is 1.08 bits per heavy atom. The van der Waals surface area contributed by atoms with Crippen LogP contribution in [0.5, 0.6) is 0 Å². The van der Waals surface area contributed by atoms with Gasteiger partial charge in [0.05, 0.1) is 6.54 Å². The minimum absolute atomic E-state index is 0.447. The summed E-state index contributed by atoms with van der Waals surface area (Å²) in [5.74, 6) is 0.949. The zero-order valence-electron chi connectivity index (χ0n) is 8.30. The van der Waals surface area contributed by atoms with Gasteiger partial charge in [-0.2, -0.15) is 0 Å². The normalized spacial score (nSPS) is 25.5. The first kappa shape index (κ1) is 9.20. The van der Waals surface area contributed by atoms with Gasteiger partial charge in [-0.25, -0.2) is 0 Å². The fraction of sp³-hybridized carbons (Fsp3) is 0.909. The van der Waals surface area contributed by atoms with Crippen molar-refractivity contribution in [2.45, 2.75) is 38.5 Å². The van der Waals surface area contributed by atoms with E-state index in [-0.39, 0.29) is 0 Å². The Kier molecular flexibility index (Phi) is 2.99. The van der Waals surface area contributed by atoms with E-state index in [0.29, 0.717) is 11.7 Å². The lowest BCUT2D eigenvalue weighted by Crippen LogP contribution is -2.31. The van der Waals surface area contributed by atoms with Gasteiger partial charge in [0.2, 0.25) is 0 Å². The van der Waals surface area contributed by atoms with E-state index >= 15 is 0 Å². The predicted octanol–water partition coefficient (Wildman–Crippen LogP) is 1.84. The summed E-state index contributed by atoms with van der Waals surface area (Å²) in [6, 6.07) is 0. The number of carbonyl (C=O) groups is 1. The fourth-order valence-electron chi connectivity index (χ4n) is 2.05. The van der Waals surface area contributed by atoms with E-state index in [4.69, 9.17) is 0 Å². The van der Waals surface area contributed by atoms with E-state index in [1.54, 1.807) is 0 Å². The lowest BCUT2D eigenvalue weighted by Gasteiger charge is -2.18. The molecule has 0 aromatic heterocycles. The molecule has 0 bridgehead atoms. The number of ketones is 1. The Hall–Kier alpha value is -0.370. The molecule has 2 aliphatic rings. The number of carbonyl (C=O) groups excluding carboxylic acids is 1. The molecular weight excluding hydrogens is 162 g/mol. The third-order valence-corrected chi connectivity index (χ3v) is 3.11. The maximum atomic E-state index is 11.5. The average Bonchev–Trinajstić information content (AvgIpc) is 2.92. The molecule has 2 nitrogen and oxygen atoms in total. The summed E-state index contributed by atoms with van der Waals surface area (Å²) in [5.41, 5.74) is 0. The monoisotopic (exact) mass is 181 g/mol. The van der Waals surface area contributed by atoms with Crippen LogP contribution in [-0.4, -0.2) is 30.3 Å². The topological polar surface area (TPSA) is 20.3 Å². The lowest BCUT2D eigenvalue weighted by molar-refractivity contribution is -0.121. The fourth-order valence-corrected chi connectivity index (χ4v) is 2.05. The molecule has 2 rings (SSSR count). The SMILES string of the molecule is O=C(CN1CCCCCC1)C1CC1. The van der Waals surface area contributed by atoms with Crippen molar-refractivity contribution in [3.63, 3.8) is 0 Å². The third kappa shape index (κ3) is 2.80. The van der Waals surface area contributed by atoms with Gasteiger partial charge in [0.15, 0.2) is 0 Å². The maximum Gasteiger partial charge on any atom is 0.149 e. The average molecular weight is 181 g/mol. The first-order valence-electron chi connectivity index (χ1n) is 5.61. The Labute approximate surface area is 80.3 Å². The van der Waals surface area contributed by atoms with Crippen LogP contribution in [0.25, 0.3) is 0 Å². The zero-order valence-corrected chi connectivity index (χ0v) is 8.30. The van der Waals surface area contributed by atoms with Crippen LogP contribution < -0.4 is 0 Å². The quantitative estimate of drug-likeness (QED) is 0.662. The van der Waals surface area contributed by atoms with Crippen LogP contribution in [0.1, 0.15) is 38.5 Å². The molecule has 0 unspecified atom stereocenters. The van der Waals surface area contributed by atoms with Crippen molar-refractivity contribution in [2.24, 2.45) is 5.92 Å². The molecule has 2 heteroatoms. The van der Waals surface area contributed by atoms with Gasteiger partial charge >= 0.3 is 0 Å². The molecular formula is C11H19NO. The Bertz CT molecular complexity index is 179. The summed E-state index contributed by atoms with van der Waals surface area (Å²) >= 11 is 0. The standard InChI is InChI=1S/C11H19NO/c13-11(10-5-6-10)9-12-7-3-1-2-4-8-12/h10H,1-9H2. The van der Waals surface area contributed by atoms with E-state index in [0.717, 1.165) is 32.5 Å². The Balaban J connectivity index is 1.74. The van der Waals surface area contributed by atoms with Crippen molar-refractivity contribution in [3.8, 4) is 0 Å². The number of Topliss-reactive ketones (excluding diaryl/α,β-unsaturated/α-hetero) is 1. The number of nitrogens with zero attached hydrogens (tertiary/aromatic N) is 1. The van der Waals surface area contributed by atoms with E-state index in [9.17, 15) is 4.79 Å². The van der Waals surface area contributed by atoms with Crippen LogP contribution in [0.4, 0.5) is 0 Å². The molecule has 1 saturated heterocycles. The van der Waals surface area contributed by atoms with E-state index in [1.807, 2.05) is 0 Å². The van der Waals surface area contributed by atoms with Crippen molar-refractivity contribution in [1.29, 1.82) is 0 Å². The molecule has 1 aliphatic heterocycles. The molecule has 2 fully saturated rings. The van der Waals surface area contributed by atoms with Gasteiger partial charge in [-0.15, -0.1) is 0 Å². The Morgan fingerprint density at radius 2 is 1.69 bits per heavy atom. The zero-order chi connectivity index (χ0) is 9.10. The highest BCUT2D eigenvalue weighted by Crippen LogP contribution is 2.30. The van der Waals surface area contributed by atoms with Gasteiger partial charge in [0, 0.05) is 5.92 Å². The van der Waals surface area contributed by atoms with Crippen LogP contribution in [0.2, 0.25) is 0 Å². The molecule has 1 aliphatic carbocycles. The number of rotatable bonds is 3. The van der Waals surface area contributed by atoms with Crippen LogP contribution >= 0.6 is 0 Å². The van der Waals surface area contributed by atoms with Gasteiger partial charge in [-0.05, 0) is 38.8 Å². The molecule has 0 atom stereocenters. The van der Waals surface area contributed by atoms with E-state index < -0.39 is 0 Å². The van der Waals surface area contributed by atoms with Crippen LogP contribution in [-0.2, 0) is 4.79 Å². The highest BCUT2D eigenvalue weighted by molar-refractivity contribution is 5.84. The number of likely N-dealkylation sites (tertiary alicyclic amines) is 1. The molecule has 0 aromatic rings. The first-order valence-corrected chi connectivity index (χ1v) is 5.61. The largest absolute Gasteiger partial charge is 0.298 e. The van der Waals surface area contributed by atoms with E-state index in [1.165, 1.54) is 25.7 Å². The highest BCUT2D eigenvalue weighted by Gasteiger charge is 2.30. The molecule has 0 spiro atoms. The predicted molar refractivity (Wildman–Crippen MR) is 52.6 cm³/mol. The molecule has 13 heavy (non-hydrogen) atoms. The molecule has 1 heterocycles. The molecule has 0 radical (unpaired) electrons. The van der Waals surface area contributed by atoms with Gasteiger partial charge in [0.1, 0.15) is 5.78 Å². The summed E-state index contributed by atoms with van der Waals surface area (Å²) in [6.07, 6.45) is 7.61. The molecule has 1 saturated carbocycles. The van der Waals surface area contributed by atoms with Crippen molar-refractivity contribution in [1.82, 2.24) is 4.90 Å². The number of hydrogen-bond donors (Lipinski definition) is 0. The third-order valence-electron chi connectivity index (χ3n) is 3.11. The van der Waals surface area contributed by atoms with Gasteiger partial charge in [0.25, 0.3) is 0 Å². The van der Waals surface area contributed by atoms with Crippen molar-refractivity contribution < 1.29 is 4.79 Å². The number of hydrogen-bond acceptors (Lipinski definition) is 2. The molecule has 0 N–H and O–H groups in total. The summed E-state index contributed by atoms with van der Waals surface area (Å²) in [6.45, 7) is 3.04. The van der Waals surface area contributed by atoms with Crippen LogP contribution in [0.15, 0.2) is 0 Å². The van der Waals surface area contributed by atoms with Crippen LogP contribution in [0.3, 0.4) is 0 Å². The first-order chi connectivity index (χ1) is 6.36. The summed E-state index contributed by atoms with van der Waals surface area (Å²) in [5, 5.41) is 0. The minimum Gasteiger partial charge on any atom is -0.298 e. The minimum atomic E-state index is 0.447. The van der Waals surface area contributed by atoms with Crippen molar-refractivity contribution in [3.05, 3.63) is 0 Å². The molecule has 0 aromatic carbocycles. The molecule has 74 valence electrons. The summed E-state index contributed by atoms with van der Waals surface area (Å²) in [7, 11) is 0. The van der Waals surface area contributed by atoms with Gasteiger partial charge < -0.3 is 0 Å². The van der Waals surface area contributed by atoms with Crippen molar-refractivity contribution in [2.75, 3.05) is 19.6 Å². The second kappa shape index (κ2) is 4.23. The summed E-state index contributed by atoms with van der Waals surface area (Å²) in [4.78, 5) is 13.9. The lowest BCUT2D eigenvalue weighted by atomic mass is 10.2. The van der Waals surface area contributed by atoms with E-state index in [2.05, 4.69) is 4.90 Å². The highest BCUT2D eigenvalue weighted by atomic mass is 16.1. The van der Waals surface area contributed by atoms with Crippen molar-refractivity contribution >= 4 is 5.78 Å². The second-order valence-corrected chi connectivity index (χ2v) is 4.43. The Morgan fingerprint density at radius 3 is 2.23 bits per heavy atom. The smallest absolute Gasteiger partial charge is 0.149 e. The van der Waals surface area contributed by atoms with Gasteiger partial charge in [-0.3, -0.25) is 9.69 Å². The summed E-state index contributed by atoms with van der Waals surface area (Å²) < 4.78 is 0. The van der Waals surface area contributed by atoms with Gasteiger partial charge in [-0.1, -0.05) is 12.8 Å². The van der Waals surface area contributed by atoms with Crippen LogP contribution in [0, 0.1) is 5.92 Å². The maximum absolute atomic E-state index is 11.5. The second-order valence-electron chi connectivity index (χ2n) is 4.43.